The van der Waals surface area contributed by atoms with E-state index >= 15 is 0 Å². The minimum absolute atomic E-state index is 0.115. The van der Waals surface area contributed by atoms with Crippen LogP contribution in [0.3, 0.4) is 0 Å². The Morgan fingerprint density at radius 3 is 2.44 bits per heavy atom. The summed E-state index contributed by atoms with van der Waals surface area (Å²) in [5, 5.41) is 6.07. The number of carbonyl (C=O) groups excluding carboxylic acids is 2. The monoisotopic (exact) mass is 467 g/mol. The molecule has 2 aliphatic rings. The molecule has 2 aromatic rings. The minimum atomic E-state index is -0.356. The van der Waals surface area contributed by atoms with Gasteiger partial charge >= 0.3 is 5.97 Å². The molecule has 8 heteroatoms. The number of likely N-dealkylation sites (tertiary alicyclic amines) is 1. The third kappa shape index (κ3) is 5.28. The van der Waals surface area contributed by atoms with E-state index < -0.39 is 0 Å². The fraction of sp³-hybridized carbons (Fsp3) is 0.423. The molecule has 0 N–H and O–H groups in total. The van der Waals surface area contributed by atoms with Crippen molar-refractivity contribution >= 4 is 17.6 Å². The number of carbonyl (C=O) groups is 2. The van der Waals surface area contributed by atoms with Gasteiger partial charge < -0.3 is 9.47 Å². The normalized spacial score (nSPS) is 19.1. The van der Waals surface area contributed by atoms with Crippen LogP contribution in [0, 0.1) is 11.7 Å². The number of hydrogen-bond acceptors (Lipinski definition) is 6. The number of rotatable bonds is 7. The first-order valence-corrected chi connectivity index (χ1v) is 11.7. The van der Waals surface area contributed by atoms with Crippen molar-refractivity contribution in [3.05, 3.63) is 65.5 Å². The standard InChI is InChI=1S/C26H30FN3O4/c1-3-34-26(32)19-12-14-29(15-13-19)17-25(31)30-24(18-8-10-20(33-2)11-9-18)16-23(28-30)21-6-4-5-7-22(21)27/h4-11,19,24H,3,12-17H2,1-2H3. The van der Waals surface area contributed by atoms with Crippen LogP contribution in [0.2, 0.25) is 0 Å². The van der Waals surface area contributed by atoms with E-state index in [0.29, 0.717) is 50.2 Å². The van der Waals surface area contributed by atoms with Crippen LogP contribution in [0.1, 0.15) is 43.4 Å². The van der Waals surface area contributed by atoms with Gasteiger partial charge in [0.1, 0.15) is 11.6 Å². The van der Waals surface area contributed by atoms with Crippen LogP contribution in [0.15, 0.2) is 53.6 Å². The largest absolute Gasteiger partial charge is 0.497 e. The minimum Gasteiger partial charge on any atom is -0.497 e. The summed E-state index contributed by atoms with van der Waals surface area (Å²) in [7, 11) is 1.60. The van der Waals surface area contributed by atoms with Crippen LogP contribution in [0.4, 0.5) is 4.39 Å². The van der Waals surface area contributed by atoms with E-state index in [4.69, 9.17) is 9.47 Å². The first-order chi connectivity index (χ1) is 16.5. The molecule has 0 spiro atoms. The molecule has 7 nitrogen and oxygen atoms in total. The lowest BCUT2D eigenvalue weighted by atomic mass is 9.96. The molecule has 1 unspecified atom stereocenters. The van der Waals surface area contributed by atoms with Gasteiger partial charge in [-0.3, -0.25) is 14.5 Å². The number of halogens is 1. The van der Waals surface area contributed by atoms with Crippen LogP contribution >= 0.6 is 0 Å². The highest BCUT2D eigenvalue weighted by molar-refractivity contribution is 6.03. The number of hydrazone groups is 1. The Kier molecular flexibility index (Phi) is 7.57. The Morgan fingerprint density at radius 1 is 1.09 bits per heavy atom. The molecule has 1 amide bonds. The zero-order chi connectivity index (χ0) is 24.1. The van der Waals surface area contributed by atoms with Crippen LogP contribution in [0.5, 0.6) is 5.75 Å². The molecule has 0 radical (unpaired) electrons. The summed E-state index contributed by atoms with van der Waals surface area (Å²) in [5.74, 6) is -0.0614. The van der Waals surface area contributed by atoms with Crippen molar-refractivity contribution in [1.82, 2.24) is 9.91 Å². The zero-order valence-corrected chi connectivity index (χ0v) is 19.6. The first kappa shape index (κ1) is 23.9. The molecule has 34 heavy (non-hydrogen) atoms. The first-order valence-electron chi connectivity index (χ1n) is 11.7. The fourth-order valence-electron chi connectivity index (χ4n) is 4.53. The third-order valence-corrected chi connectivity index (χ3v) is 6.42. The summed E-state index contributed by atoms with van der Waals surface area (Å²) in [6.07, 6.45) is 1.75. The predicted molar refractivity (Wildman–Crippen MR) is 126 cm³/mol. The quantitative estimate of drug-likeness (QED) is 0.580. The summed E-state index contributed by atoms with van der Waals surface area (Å²) in [6.45, 7) is 3.65. The highest BCUT2D eigenvalue weighted by Crippen LogP contribution is 2.34. The summed E-state index contributed by atoms with van der Waals surface area (Å²) < 4.78 is 24.9. The number of hydrogen-bond donors (Lipinski definition) is 0. The van der Waals surface area contributed by atoms with Gasteiger partial charge in [-0.2, -0.15) is 5.10 Å². The molecule has 2 aliphatic heterocycles. The van der Waals surface area contributed by atoms with Crippen molar-refractivity contribution < 1.29 is 23.5 Å². The Bertz CT molecular complexity index is 1050. The van der Waals surface area contributed by atoms with Crippen LogP contribution in [-0.4, -0.2) is 60.8 Å². The molecule has 4 rings (SSSR count). The molecule has 180 valence electrons. The second kappa shape index (κ2) is 10.8. The van der Waals surface area contributed by atoms with Gasteiger partial charge in [0.25, 0.3) is 5.91 Å². The van der Waals surface area contributed by atoms with Crippen molar-refractivity contribution in [3.8, 4) is 5.75 Å². The molecule has 1 atom stereocenters. The Morgan fingerprint density at radius 2 is 1.79 bits per heavy atom. The predicted octanol–water partition coefficient (Wildman–Crippen LogP) is 3.79. The smallest absolute Gasteiger partial charge is 0.309 e. The number of methoxy groups -OCH3 is 1. The lowest BCUT2D eigenvalue weighted by Crippen LogP contribution is -2.43. The van der Waals surface area contributed by atoms with Gasteiger partial charge in [-0.05, 0) is 56.6 Å². The zero-order valence-electron chi connectivity index (χ0n) is 19.6. The molecular weight excluding hydrogens is 437 g/mol. The molecular formula is C26H30FN3O4. The topological polar surface area (TPSA) is 71.4 Å². The van der Waals surface area contributed by atoms with Gasteiger partial charge in [-0.15, -0.1) is 0 Å². The number of ether oxygens (including phenoxy) is 2. The number of esters is 1. The van der Waals surface area contributed by atoms with E-state index in [0.717, 1.165) is 11.3 Å². The maximum Gasteiger partial charge on any atom is 0.309 e. The molecule has 0 aliphatic carbocycles. The van der Waals surface area contributed by atoms with E-state index in [9.17, 15) is 14.0 Å². The Labute approximate surface area is 199 Å². The third-order valence-electron chi connectivity index (χ3n) is 6.42. The molecule has 2 heterocycles. The van der Waals surface area contributed by atoms with E-state index in [-0.39, 0.29) is 36.2 Å². The summed E-state index contributed by atoms with van der Waals surface area (Å²) >= 11 is 0. The van der Waals surface area contributed by atoms with Crippen LogP contribution in [-0.2, 0) is 14.3 Å². The second-order valence-electron chi connectivity index (χ2n) is 8.56. The van der Waals surface area contributed by atoms with Crippen LogP contribution in [0.25, 0.3) is 0 Å². The van der Waals surface area contributed by atoms with E-state index in [1.165, 1.54) is 11.1 Å². The van der Waals surface area contributed by atoms with Crippen LogP contribution < -0.4 is 4.74 Å². The molecule has 0 bridgehead atoms. The lowest BCUT2D eigenvalue weighted by Gasteiger charge is -2.32. The molecule has 1 fully saturated rings. The average Bonchev–Trinajstić information content (AvgIpc) is 3.30. The van der Waals surface area contributed by atoms with Gasteiger partial charge in [0.15, 0.2) is 0 Å². The van der Waals surface area contributed by atoms with E-state index in [2.05, 4.69) is 5.10 Å². The maximum absolute atomic E-state index is 14.5. The highest BCUT2D eigenvalue weighted by Gasteiger charge is 2.35. The van der Waals surface area contributed by atoms with Gasteiger partial charge in [-0.1, -0.05) is 30.3 Å². The summed E-state index contributed by atoms with van der Waals surface area (Å²) in [4.78, 5) is 27.4. The van der Waals surface area contributed by atoms with Gasteiger partial charge in [0.2, 0.25) is 0 Å². The Hall–Kier alpha value is -3.26. The van der Waals surface area contributed by atoms with Crippen molar-refractivity contribution in [3.63, 3.8) is 0 Å². The highest BCUT2D eigenvalue weighted by atomic mass is 19.1. The van der Waals surface area contributed by atoms with Crippen molar-refractivity contribution in [2.75, 3.05) is 33.4 Å². The Balaban J connectivity index is 1.50. The number of piperidine rings is 1. The molecule has 2 aromatic carbocycles. The number of benzene rings is 2. The molecule has 0 aromatic heterocycles. The fourth-order valence-corrected chi connectivity index (χ4v) is 4.53. The van der Waals surface area contributed by atoms with Gasteiger partial charge in [0, 0.05) is 12.0 Å². The summed E-state index contributed by atoms with van der Waals surface area (Å²) in [6, 6.07) is 13.7. The van der Waals surface area contributed by atoms with E-state index in [1.807, 2.05) is 29.2 Å². The molecule has 1 saturated heterocycles. The average molecular weight is 468 g/mol. The maximum atomic E-state index is 14.5. The molecule has 0 saturated carbocycles. The van der Waals surface area contributed by atoms with Crippen molar-refractivity contribution in [1.29, 1.82) is 0 Å². The van der Waals surface area contributed by atoms with Gasteiger partial charge in [-0.25, -0.2) is 9.40 Å². The summed E-state index contributed by atoms with van der Waals surface area (Å²) in [5.41, 5.74) is 1.87. The van der Waals surface area contributed by atoms with Crippen molar-refractivity contribution in [2.24, 2.45) is 11.0 Å². The SMILES string of the molecule is CCOC(=O)C1CCN(CC(=O)N2N=C(c3ccccc3F)CC2c2ccc(OC)cc2)CC1. The second-order valence-corrected chi connectivity index (χ2v) is 8.56. The lowest BCUT2D eigenvalue weighted by molar-refractivity contribution is -0.149. The van der Waals surface area contributed by atoms with Gasteiger partial charge in [0.05, 0.1) is 37.9 Å². The van der Waals surface area contributed by atoms with E-state index in [1.54, 1.807) is 32.2 Å². The van der Waals surface area contributed by atoms with Crippen molar-refractivity contribution in [2.45, 2.75) is 32.2 Å². The number of nitrogens with zero attached hydrogens (tertiary/aromatic N) is 3. The number of amides is 1.